The minimum Gasteiger partial charge on any atom is -0.612 e. The third-order valence-electron chi connectivity index (χ3n) is 1.39. The fourth-order valence-corrected chi connectivity index (χ4v) is 1.57. The molecule has 4 nitrogen and oxygen atoms in total. The van der Waals surface area contributed by atoms with E-state index in [-0.39, 0.29) is 5.75 Å². The maximum atomic E-state index is 11.1. The van der Waals surface area contributed by atoms with Crippen molar-refractivity contribution in [2.45, 2.75) is 4.90 Å². The summed E-state index contributed by atoms with van der Waals surface area (Å²) in [6, 6.07) is 6.49. The second-order valence-electron chi connectivity index (χ2n) is 2.34. The van der Waals surface area contributed by atoms with Crippen LogP contribution in [0, 0.1) is 0 Å². The van der Waals surface area contributed by atoms with Crippen molar-refractivity contribution in [3.8, 4) is 5.75 Å². The number of rotatable bonds is 3. The van der Waals surface area contributed by atoms with Crippen molar-refractivity contribution in [1.29, 1.82) is 0 Å². The fraction of sp³-hybridized carbons (Fsp3) is 0.143. The van der Waals surface area contributed by atoms with Gasteiger partial charge in [0.2, 0.25) is 0 Å². The van der Waals surface area contributed by atoms with Crippen LogP contribution in [0.3, 0.4) is 0 Å². The van der Waals surface area contributed by atoms with E-state index < -0.39 is 18.5 Å². The maximum Gasteiger partial charge on any atom is 0.707 e. The molecule has 0 amide bonds. The maximum absolute atomic E-state index is 11.1. The molecule has 0 saturated heterocycles. The van der Waals surface area contributed by atoms with Crippen LogP contribution in [0.25, 0.3) is 0 Å². The summed E-state index contributed by atoms with van der Waals surface area (Å²) in [5.41, 5.74) is 0. The van der Waals surface area contributed by atoms with Gasteiger partial charge in [0.25, 0.3) is 0 Å². The standard InChI is InChI=1S/C7H9BO4S/c1-13(11)7-5-3-2-4-6(7)12-8(9)10/h2-5,9-10H,1H3. The van der Waals surface area contributed by atoms with Crippen molar-refractivity contribution in [1.82, 2.24) is 0 Å². The number of benzene rings is 1. The monoisotopic (exact) mass is 200 g/mol. The van der Waals surface area contributed by atoms with Gasteiger partial charge in [0.1, 0.15) is 6.26 Å². The SMILES string of the molecule is C[S+]([O-])c1ccccc1OB(O)O. The Bertz CT molecular complexity index is 279. The Balaban J connectivity index is 2.91. The lowest BCUT2D eigenvalue weighted by Gasteiger charge is -2.10. The zero-order valence-corrected chi connectivity index (χ0v) is 7.82. The number of hydrogen-bond acceptors (Lipinski definition) is 4. The lowest BCUT2D eigenvalue weighted by molar-refractivity contribution is 0.285. The molecule has 1 unspecified atom stereocenters. The Morgan fingerprint density at radius 2 is 2.00 bits per heavy atom. The van der Waals surface area contributed by atoms with Crippen LogP contribution >= 0.6 is 0 Å². The quantitative estimate of drug-likeness (QED) is 0.522. The Hall–Kier alpha value is -0.685. The van der Waals surface area contributed by atoms with Crippen molar-refractivity contribution < 1.29 is 19.3 Å². The van der Waals surface area contributed by atoms with E-state index in [1.807, 2.05) is 0 Å². The second kappa shape index (κ2) is 4.52. The first-order valence-corrected chi connectivity index (χ1v) is 5.12. The highest BCUT2D eigenvalue weighted by molar-refractivity contribution is 7.90. The zero-order chi connectivity index (χ0) is 9.84. The predicted octanol–water partition coefficient (Wildman–Crippen LogP) is -0.228. The summed E-state index contributed by atoms with van der Waals surface area (Å²) in [6.07, 6.45) is 1.49. The molecular formula is C7H9BO4S. The van der Waals surface area contributed by atoms with Crippen molar-refractivity contribution in [2.24, 2.45) is 0 Å². The minimum atomic E-state index is -1.88. The summed E-state index contributed by atoms with van der Waals surface area (Å²) in [5, 5.41) is 17.1. The van der Waals surface area contributed by atoms with E-state index in [4.69, 9.17) is 10.0 Å². The van der Waals surface area contributed by atoms with Crippen molar-refractivity contribution in [3.05, 3.63) is 24.3 Å². The molecule has 0 aliphatic rings. The van der Waals surface area contributed by atoms with Crippen LogP contribution in [0.1, 0.15) is 0 Å². The summed E-state index contributed by atoms with van der Waals surface area (Å²) < 4.78 is 15.7. The highest BCUT2D eigenvalue weighted by atomic mass is 32.2. The van der Waals surface area contributed by atoms with Crippen LogP contribution in [0.15, 0.2) is 29.2 Å². The molecule has 0 spiro atoms. The van der Waals surface area contributed by atoms with Crippen LogP contribution in [-0.2, 0) is 11.2 Å². The second-order valence-corrected chi connectivity index (χ2v) is 3.69. The molecule has 0 bridgehead atoms. The first-order chi connectivity index (χ1) is 6.11. The van der Waals surface area contributed by atoms with Gasteiger partial charge in [-0.3, -0.25) is 0 Å². The lowest BCUT2D eigenvalue weighted by atomic mass is 10.2. The van der Waals surface area contributed by atoms with Crippen molar-refractivity contribution >= 4 is 18.5 Å². The summed E-state index contributed by atoms with van der Waals surface area (Å²) in [7, 11) is -1.88. The highest BCUT2D eigenvalue weighted by Crippen LogP contribution is 2.22. The van der Waals surface area contributed by atoms with Gasteiger partial charge < -0.3 is 19.3 Å². The molecule has 0 aliphatic carbocycles. The predicted molar refractivity (Wildman–Crippen MR) is 49.6 cm³/mol. The Morgan fingerprint density at radius 3 is 2.54 bits per heavy atom. The van der Waals surface area contributed by atoms with Crippen LogP contribution in [-0.4, -0.2) is 28.2 Å². The van der Waals surface area contributed by atoms with Gasteiger partial charge in [-0.05, 0) is 23.3 Å². The van der Waals surface area contributed by atoms with E-state index in [2.05, 4.69) is 4.65 Å². The summed E-state index contributed by atoms with van der Waals surface area (Å²) in [6.45, 7) is 0. The molecule has 70 valence electrons. The molecule has 1 rings (SSSR count). The highest BCUT2D eigenvalue weighted by Gasteiger charge is 2.18. The molecule has 0 heterocycles. The van der Waals surface area contributed by atoms with Crippen molar-refractivity contribution in [3.63, 3.8) is 0 Å². The molecular weight excluding hydrogens is 191 g/mol. The van der Waals surface area contributed by atoms with Crippen LogP contribution in [0.5, 0.6) is 5.75 Å². The number of hydrogen-bond donors (Lipinski definition) is 2. The van der Waals surface area contributed by atoms with Gasteiger partial charge in [0.05, 0.1) is 0 Å². The van der Waals surface area contributed by atoms with E-state index in [0.717, 1.165) is 0 Å². The Morgan fingerprint density at radius 1 is 1.38 bits per heavy atom. The first kappa shape index (κ1) is 10.4. The van der Waals surface area contributed by atoms with E-state index >= 15 is 0 Å². The molecule has 6 heteroatoms. The van der Waals surface area contributed by atoms with Crippen molar-refractivity contribution in [2.75, 3.05) is 6.26 Å². The van der Waals surface area contributed by atoms with E-state index in [9.17, 15) is 4.55 Å². The summed E-state index contributed by atoms with van der Waals surface area (Å²) in [5.74, 6) is 0.221. The van der Waals surface area contributed by atoms with Gasteiger partial charge in [-0.1, -0.05) is 12.1 Å². The normalized spacial score (nSPS) is 12.3. The molecule has 0 aromatic heterocycles. The fourth-order valence-electron chi connectivity index (χ4n) is 0.899. The van der Waals surface area contributed by atoms with Gasteiger partial charge >= 0.3 is 7.32 Å². The average Bonchev–Trinajstić information content (AvgIpc) is 2.03. The van der Waals surface area contributed by atoms with Gasteiger partial charge in [-0.2, -0.15) is 0 Å². The van der Waals surface area contributed by atoms with Gasteiger partial charge in [-0.25, -0.2) is 0 Å². The molecule has 0 aliphatic heterocycles. The van der Waals surface area contributed by atoms with Crippen LogP contribution in [0.2, 0.25) is 0 Å². The molecule has 0 fully saturated rings. The molecule has 0 saturated carbocycles. The molecule has 1 atom stereocenters. The van der Waals surface area contributed by atoms with E-state index in [1.54, 1.807) is 18.2 Å². The van der Waals surface area contributed by atoms with Gasteiger partial charge in [-0.15, -0.1) is 0 Å². The lowest BCUT2D eigenvalue weighted by Crippen LogP contribution is -2.21. The average molecular weight is 200 g/mol. The third-order valence-corrected chi connectivity index (χ3v) is 2.35. The molecule has 1 aromatic rings. The van der Waals surface area contributed by atoms with Crippen LogP contribution < -0.4 is 4.65 Å². The number of para-hydroxylation sites is 1. The topological polar surface area (TPSA) is 72.8 Å². The van der Waals surface area contributed by atoms with E-state index in [0.29, 0.717) is 4.90 Å². The first-order valence-electron chi connectivity index (χ1n) is 3.56. The third kappa shape index (κ3) is 2.93. The largest absolute Gasteiger partial charge is 0.707 e. The smallest absolute Gasteiger partial charge is 0.612 e. The van der Waals surface area contributed by atoms with Crippen LogP contribution in [0.4, 0.5) is 0 Å². The Kier molecular flexibility index (Phi) is 3.62. The zero-order valence-electron chi connectivity index (χ0n) is 7.01. The summed E-state index contributed by atoms with van der Waals surface area (Å²) in [4.78, 5) is 0.440. The Labute approximate surface area is 79.5 Å². The van der Waals surface area contributed by atoms with Gasteiger partial charge in [0, 0.05) is 0 Å². The minimum absolute atomic E-state index is 0.221. The molecule has 0 radical (unpaired) electrons. The summed E-state index contributed by atoms with van der Waals surface area (Å²) >= 11 is -1.20. The molecule has 1 aromatic carbocycles. The molecule has 2 N–H and O–H groups in total. The molecule has 13 heavy (non-hydrogen) atoms. The van der Waals surface area contributed by atoms with Gasteiger partial charge in [0.15, 0.2) is 10.6 Å². The van der Waals surface area contributed by atoms with E-state index in [1.165, 1.54) is 12.3 Å².